The molecule has 0 spiro atoms. The molecule has 0 saturated heterocycles. The summed E-state index contributed by atoms with van der Waals surface area (Å²) in [5.74, 6) is 0.805. The monoisotopic (exact) mass is 354 g/mol. The molecule has 0 aromatic heterocycles. The van der Waals surface area contributed by atoms with E-state index in [1.54, 1.807) is 0 Å². The molecule has 2 heteroatoms. The topological polar surface area (TPSA) is 40.5 Å². The van der Waals surface area contributed by atoms with Gasteiger partial charge in [0.1, 0.15) is 11.5 Å². The van der Waals surface area contributed by atoms with Crippen LogP contribution in [0, 0.1) is 0 Å². The quantitative estimate of drug-likeness (QED) is 0.461. The largest absolute Gasteiger partial charge is 0.508 e. The van der Waals surface area contributed by atoms with Crippen molar-refractivity contribution < 1.29 is 10.2 Å². The number of phenols is 2. The normalized spacial score (nSPS) is 11.0. The summed E-state index contributed by atoms with van der Waals surface area (Å²) in [5.41, 5.74) is 5.05. The van der Waals surface area contributed by atoms with E-state index in [4.69, 9.17) is 0 Å². The van der Waals surface area contributed by atoms with Crippen molar-refractivity contribution in [2.75, 3.05) is 0 Å². The highest BCUT2D eigenvalue weighted by Gasteiger charge is 2.14. The summed E-state index contributed by atoms with van der Waals surface area (Å²) in [6.07, 6.45) is 9.59. The molecule has 0 fully saturated rings. The summed E-state index contributed by atoms with van der Waals surface area (Å²) in [6, 6.07) is 10.1. The van der Waals surface area contributed by atoms with E-state index in [-0.39, 0.29) is 0 Å². The lowest BCUT2D eigenvalue weighted by molar-refractivity contribution is 0.460. The number of unbranched alkanes of at least 4 members (excludes halogenated alkanes) is 4. The van der Waals surface area contributed by atoms with Gasteiger partial charge in [-0.15, -0.1) is 0 Å². The number of hydrogen-bond donors (Lipinski definition) is 2. The Labute approximate surface area is 158 Å². The number of rotatable bonds is 10. The first-order valence-corrected chi connectivity index (χ1v) is 10.3. The van der Waals surface area contributed by atoms with Crippen LogP contribution >= 0.6 is 0 Å². The molecule has 0 aliphatic rings. The van der Waals surface area contributed by atoms with Crippen LogP contribution in [0.25, 0.3) is 11.1 Å². The van der Waals surface area contributed by atoms with E-state index >= 15 is 0 Å². The Balaban J connectivity index is 2.27. The van der Waals surface area contributed by atoms with Crippen molar-refractivity contribution in [1.29, 1.82) is 0 Å². The number of benzene rings is 2. The van der Waals surface area contributed by atoms with E-state index in [0.29, 0.717) is 11.5 Å². The number of phenolic OH excluding ortho intramolecular Hbond substituents is 2. The van der Waals surface area contributed by atoms with Gasteiger partial charge in [0.2, 0.25) is 0 Å². The third-order valence-electron chi connectivity index (χ3n) is 5.22. The van der Waals surface area contributed by atoms with Gasteiger partial charge in [0.15, 0.2) is 0 Å². The maximum Gasteiger partial charge on any atom is 0.122 e. The van der Waals surface area contributed by atoms with E-state index in [1.807, 2.05) is 18.2 Å². The molecule has 0 radical (unpaired) electrons. The zero-order valence-electron chi connectivity index (χ0n) is 16.6. The molecular formula is C24H34O2. The first-order valence-electron chi connectivity index (χ1n) is 10.3. The molecule has 0 atom stereocenters. The van der Waals surface area contributed by atoms with Crippen molar-refractivity contribution in [3.05, 3.63) is 47.0 Å². The average Bonchev–Trinajstić information content (AvgIpc) is 2.64. The van der Waals surface area contributed by atoms with Gasteiger partial charge in [-0.05, 0) is 60.4 Å². The van der Waals surface area contributed by atoms with Crippen molar-refractivity contribution in [1.82, 2.24) is 0 Å². The third kappa shape index (κ3) is 5.03. The van der Waals surface area contributed by atoms with Gasteiger partial charge in [0.25, 0.3) is 0 Å². The van der Waals surface area contributed by atoms with Gasteiger partial charge in [0, 0.05) is 5.56 Å². The number of aryl methyl sites for hydroxylation is 2. The second-order valence-corrected chi connectivity index (χ2v) is 7.21. The first kappa shape index (κ1) is 20.4. The average molecular weight is 355 g/mol. The summed E-state index contributed by atoms with van der Waals surface area (Å²) in [5, 5.41) is 21.2. The molecule has 0 aliphatic heterocycles. The smallest absolute Gasteiger partial charge is 0.122 e. The van der Waals surface area contributed by atoms with E-state index in [0.717, 1.165) is 59.9 Å². The molecule has 2 aromatic rings. The lowest BCUT2D eigenvalue weighted by atomic mass is 9.92. The van der Waals surface area contributed by atoms with Crippen molar-refractivity contribution in [3.63, 3.8) is 0 Å². The van der Waals surface area contributed by atoms with E-state index in [2.05, 4.69) is 32.9 Å². The van der Waals surface area contributed by atoms with Gasteiger partial charge in [-0.25, -0.2) is 0 Å². The summed E-state index contributed by atoms with van der Waals surface area (Å²) in [7, 11) is 0. The van der Waals surface area contributed by atoms with Crippen molar-refractivity contribution in [2.45, 2.75) is 78.6 Å². The fourth-order valence-corrected chi connectivity index (χ4v) is 3.59. The molecule has 0 saturated carbocycles. The predicted molar refractivity (Wildman–Crippen MR) is 111 cm³/mol. The number of hydrogen-bond acceptors (Lipinski definition) is 2. The lowest BCUT2D eigenvalue weighted by Crippen LogP contribution is -1.95. The van der Waals surface area contributed by atoms with Crippen LogP contribution in [0.1, 0.15) is 76.0 Å². The third-order valence-corrected chi connectivity index (χ3v) is 5.22. The second kappa shape index (κ2) is 10.3. The predicted octanol–water partition coefficient (Wildman–Crippen LogP) is 6.79. The molecule has 0 amide bonds. The van der Waals surface area contributed by atoms with Gasteiger partial charge in [-0.1, -0.05) is 70.7 Å². The van der Waals surface area contributed by atoms with Crippen LogP contribution in [0.15, 0.2) is 30.3 Å². The van der Waals surface area contributed by atoms with E-state index < -0.39 is 0 Å². The van der Waals surface area contributed by atoms with Crippen LogP contribution in [-0.2, 0) is 19.3 Å². The first-order chi connectivity index (χ1) is 12.6. The Morgan fingerprint density at radius 1 is 0.731 bits per heavy atom. The molecular weight excluding hydrogens is 320 g/mol. The Morgan fingerprint density at radius 2 is 1.35 bits per heavy atom. The Morgan fingerprint density at radius 3 is 1.92 bits per heavy atom. The van der Waals surface area contributed by atoms with Crippen LogP contribution in [0.2, 0.25) is 0 Å². The zero-order chi connectivity index (χ0) is 18.9. The highest BCUT2D eigenvalue weighted by molar-refractivity contribution is 5.72. The zero-order valence-corrected chi connectivity index (χ0v) is 16.6. The van der Waals surface area contributed by atoms with E-state index in [9.17, 15) is 10.2 Å². The van der Waals surface area contributed by atoms with Crippen LogP contribution in [0.5, 0.6) is 11.5 Å². The fraction of sp³-hybridized carbons (Fsp3) is 0.500. The highest BCUT2D eigenvalue weighted by atomic mass is 16.3. The van der Waals surface area contributed by atoms with Crippen LogP contribution in [-0.4, -0.2) is 10.2 Å². The molecule has 2 aromatic carbocycles. The summed E-state index contributed by atoms with van der Waals surface area (Å²) < 4.78 is 0. The molecule has 2 N–H and O–H groups in total. The van der Waals surface area contributed by atoms with Crippen molar-refractivity contribution >= 4 is 0 Å². The lowest BCUT2D eigenvalue weighted by Gasteiger charge is -2.15. The highest BCUT2D eigenvalue weighted by Crippen LogP contribution is 2.36. The molecule has 0 aliphatic carbocycles. The molecule has 0 unspecified atom stereocenters. The minimum Gasteiger partial charge on any atom is -0.508 e. The second-order valence-electron chi connectivity index (χ2n) is 7.21. The van der Waals surface area contributed by atoms with Gasteiger partial charge in [-0.2, -0.15) is 0 Å². The van der Waals surface area contributed by atoms with Gasteiger partial charge < -0.3 is 10.2 Å². The maximum atomic E-state index is 10.7. The SMILES string of the molecule is CCCCCc1ccc(-c2ccc(CCCCC)c(O)c2CC)cc1O. The molecule has 2 nitrogen and oxygen atoms in total. The molecule has 0 bridgehead atoms. The minimum absolute atomic E-state index is 0.368. The number of aromatic hydroxyl groups is 2. The summed E-state index contributed by atoms with van der Waals surface area (Å²) >= 11 is 0. The minimum atomic E-state index is 0.368. The molecule has 142 valence electrons. The van der Waals surface area contributed by atoms with Gasteiger partial charge in [-0.3, -0.25) is 0 Å². The van der Waals surface area contributed by atoms with Crippen LogP contribution in [0.4, 0.5) is 0 Å². The summed E-state index contributed by atoms with van der Waals surface area (Å²) in [6.45, 7) is 6.46. The van der Waals surface area contributed by atoms with Crippen molar-refractivity contribution in [3.8, 4) is 22.6 Å². The fourth-order valence-electron chi connectivity index (χ4n) is 3.59. The molecule has 26 heavy (non-hydrogen) atoms. The van der Waals surface area contributed by atoms with Gasteiger partial charge in [0.05, 0.1) is 0 Å². The van der Waals surface area contributed by atoms with Crippen molar-refractivity contribution in [2.24, 2.45) is 0 Å². The standard InChI is InChI=1S/C24H34O2/c1-4-7-9-11-18-13-14-20(17-23(18)25)22-16-15-19(12-10-8-5-2)24(26)21(22)6-3/h13-17,25-26H,4-12H2,1-3H3. The van der Waals surface area contributed by atoms with Crippen LogP contribution < -0.4 is 0 Å². The summed E-state index contributed by atoms with van der Waals surface area (Å²) in [4.78, 5) is 0. The van der Waals surface area contributed by atoms with Gasteiger partial charge >= 0.3 is 0 Å². The maximum absolute atomic E-state index is 10.7. The Kier molecular flexibility index (Phi) is 8.03. The Hall–Kier alpha value is -1.96. The molecule has 0 heterocycles. The Bertz CT molecular complexity index is 704. The molecule has 2 rings (SSSR count). The van der Waals surface area contributed by atoms with E-state index in [1.165, 1.54) is 25.7 Å². The van der Waals surface area contributed by atoms with Crippen LogP contribution in [0.3, 0.4) is 0 Å².